The average molecular weight is 338 g/mol. The lowest BCUT2D eigenvalue weighted by molar-refractivity contribution is 0.0998. The van der Waals surface area contributed by atoms with Crippen molar-refractivity contribution < 1.29 is 9.18 Å². The van der Waals surface area contributed by atoms with Gasteiger partial charge in [0.25, 0.3) is 5.91 Å². The first-order valence-electron chi connectivity index (χ1n) is 8.42. The standard InChI is InChI=1S/C19H19FN4O/c20-16-8-5-14-11-24(23-18(14)17(16)19(21)25)15-6-3-12(4-7-15)13-2-1-9-22-10-13/h3-8,11,13,22H,1-2,9-10H2,(H2,21,25). The van der Waals surface area contributed by atoms with Crippen LogP contribution in [0.4, 0.5) is 4.39 Å². The number of aromatic nitrogens is 2. The molecule has 4 rings (SSSR count). The van der Waals surface area contributed by atoms with E-state index in [0.29, 0.717) is 11.3 Å². The van der Waals surface area contributed by atoms with E-state index in [1.54, 1.807) is 16.9 Å². The minimum absolute atomic E-state index is 0.166. The Kier molecular flexibility index (Phi) is 3.97. The number of primary amides is 1. The van der Waals surface area contributed by atoms with Gasteiger partial charge in [0.05, 0.1) is 5.69 Å². The highest BCUT2D eigenvalue weighted by Crippen LogP contribution is 2.25. The molecule has 0 aliphatic carbocycles. The van der Waals surface area contributed by atoms with Crippen LogP contribution in [0.3, 0.4) is 0 Å². The van der Waals surface area contributed by atoms with Gasteiger partial charge >= 0.3 is 0 Å². The molecule has 0 radical (unpaired) electrons. The number of fused-ring (bicyclic) bond motifs is 1. The number of nitrogens with zero attached hydrogens (tertiary/aromatic N) is 2. The maximum absolute atomic E-state index is 13.9. The number of amides is 1. The van der Waals surface area contributed by atoms with Gasteiger partial charge in [-0.2, -0.15) is 5.10 Å². The number of halogens is 1. The smallest absolute Gasteiger partial charge is 0.253 e. The fourth-order valence-corrected chi connectivity index (χ4v) is 3.47. The summed E-state index contributed by atoms with van der Waals surface area (Å²) in [5.41, 5.74) is 7.58. The minimum atomic E-state index is -0.812. The molecule has 2 heterocycles. The second-order valence-corrected chi connectivity index (χ2v) is 6.43. The van der Waals surface area contributed by atoms with Crippen LogP contribution in [0.15, 0.2) is 42.6 Å². The molecule has 3 aromatic rings. The number of benzene rings is 2. The summed E-state index contributed by atoms with van der Waals surface area (Å²) in [6.45, 7) is 2.10. The molecule has 0 saturated carbocycles. The lowest BCUT2D eigenvalue weighted by Gasteiger charge is -2.23. The highest BCUT2D eigenvalue weighted by molar-refractivity contribution is 6.04. The molecule has 0 bridgehead atoms. The van der Waals surface area contributed by atoms with Crippen molar-refractivity contribution in [2.45, 2.75) is 18.8 Å². The monoisotopic (exact) mass is 338 g/mol. The Morgan fingerprint density at radius 1 is 1.24 bits per heavy atom. The Morgan fingerprint density at radius 2 is 2.04 bits per heavy atom. The van der Waals surface area contributed by atoms with E-state index in [9.17, 15) is 9.18 Å². The maximum atomic E-state index is 13.9. The Balaban J connectivity index is 1.70. The topological polar surface area (TPSA) is 72.9 Å². The van der Waals surface area contributed by atoms with Crippen molar-refractivity contribution in [3.8, 4) is 5.69 Å². The molecule has 1 amide bonds. The van der Waals surface area contributed by atoms with Crippen LogP contribution in [0.2, 0.25) is 0 Å². The van der Waals surface area contributed by atoms with Gasteiger partial charge < -0.3 is 11.1 Å². The molecular weight excluding hydrogens is 319 g/mol. The van der Waals surface area contributed by atoms with Gasteiger partial charge in [-0.15, -0.1) is 0 Å². The Labute approximate surface area is 144 Å². The van der Waals surface area contributed by atoms with Crippen LogP contribution in [-0.4, -0.2) is 28.8 Å². The summed E-state index contributed by atoms with van der Waals surface area (Å²) in [6.07, 6.45) is 4.16. The molecule has 2 aromatic carbocycles. The zero-order valence-electron chi connectivity index (χ0n) is 13.7. The SMILES string of the molecule is NC(=O)c1c(F)ccc2cn(-c3ccc(C4CCCNC4)cc3)nc12. The Hall–Kier alpha value is -2.73. The summed E-state index contributed by atoms with van der Waals surface area (Å²) in [7, 11) is 0. The zero-order chi connectivity index (χ0) is 17.4. The summed E-state index contributed by atoms with van der Waals surface area (Å²) < 4.78 is 15.5. The van der Waals surface area contributed by atoms with E-state index in [4.69, 9.17) is 5.73 Å². The quantitative estimate of drug-likeness (QED) is 0.771. The second kappa shape index (κ2) is 6.29. The van der Waals surface area contributed by atoms with Gasteiger partial charge in [-0.3, -0.25) is 4.79 Å². The molecule has 1 atom stereocenters. The molecule has 1 unspecified atom stereocenters. The molecule has 6 heteroatoms. The number of carbonyl (C=O) groups excluding carboxylic acids is 1. The number of piperidine rings is 1. The first kappa shape index (κ1) is 15.8. The van der Waals surface area contributed by atoms with Crippen molar-refractivity contribution in [3.63, 3.8) is 0 Å². The van der Waals surface area contributed by atoms with Crippen molar-refractivity contribution in [2.75, 3.05) is 13.1 Å². The first-order valence-corrected chi connectivity index (χ1v) is 8.42. The summed E-state index contributed by atoms with van der Waals surface area (Å²) >= 11 is 0. The fourth-order valence-electron chi connectivity index (χ4n) is 3.47. The zero-order valence-corrected chi connectivity index (χ0v) is 13.7. The number of nitrogens with one attached hydrogen (secondary N) is 1. The molecule has 0 spiro atoms. The third-order valence-corrected chi connectivity index (χ3v) is 4.80. The fraction of sp³-hybridized carbons (Fsp3) is 0.263. The Bertz CT molecular complexity index is 926. The van der Waals surface area contributed by atoms with Crippen molar-refractivity contribution in [1.82, 2.24) is 15.1 Å². The van der Waals surface area contributed by atoms with Crippen molar-refractivity contribution >= 4 is 16.8 Å². The van der Waals surface area contributed by atoms with Crippen molar-refractivity contribution in [1.29, 1.82) is 0 Å². The number of hydrogen-bond acceptors (Lipinski definition) is 3. The van der Waals surface area contributed by atoms with E-state index < -0.39 is 11.7 Å². The normalized spacial score (nSPS) is 17.7. The van der Waals surface area contributed by atoms with E-state index >= 15 is 0 Å². The number of hydrogen-bond donors (Lipinski definition) is 2. The summed E-state index contributed by atoms with van der Waals surface area (Å²) in [5.74, 6) is -0.922. The van der Waals surface area contributed by atoms with Gasteiger partial charge in [-0.05, 0) is 55.1 Å². The molecule has 1 aliphatic heterocycles. The molecule has 1 saturated heterocycles. The highest BCUT2D eigenvalue weighted by Gasteiger charge is 2.17. The summed E-state index contributed by atoms with van der Waals surface area (Å²) in [4.78, 5) is 11.5. The summed E-state index contributed by atoms with van der Waals surface area (Å²) in [6, 6.07) is 11.0. The number of rotatable bonds is 3. The van der Waals surface area contributed by atoms with Crippen LogP contribution in [0.25, 0.3) is 16.6 Å². The van der Waals surface area contributed by atoms with E-state index in [1.165, 1.54) is 24.5 Å². The van der Waals surface area contributed by atoms with Crippen LogP contribution in [0, 0.1) is 5.82 Å². The predicted molar refractivity (Wildman–Crippen MR) is 94.4 cm³/mol. The van der Waals surface area contributed by atoms with Crippen molar-refractivity contribution in [3.05, 3.63) is 59.5 Å². The van der Waals surface area contributed by atoms with Gasteiger partial charge in [0.2, 0.25) is 0 Å². The van der Waals surface area contributed by atoms with Crippen molar-refractivity contribution in [2.24, 2.45) is 5.73 Å². The third-order valence-electron chi connectivity index (χ3n) is 4.80. The molecule has 128 valence electrons. The van der Waals surface area contributed by atoms with E-state index in [2.05, 4.69) is 22.5 Å². The molecular formula is C19H19FN4O. The van der Waals surface area contributed by atoms with Crippen LogP contribution < -0.4 is 11.1 Å². The molecule has 1 fully saturated rings. The van der Waals surface area contributed by atoms with Gasteiger partial charge in [0, 0.05) is 18.1 Å². The lowest BCUT2D eigenvalue weighted by Crippen LogP contribution is -2.28. The average Bonchev–Trinajstić information content (AvgIpc) is 3.06. The maximum Gasteiger partial charge on any atom is 0.253 e. The molecule has 3 N–H and O–H groups in total. The second-order valence-electron chi connectivity index (χ2n) is 6.43. The molecule has 1 aromatic heterocycles. The number of nitrogens with two attached hydrogens (primary N) is 1. The third kappa shape index (κ3) is 2.89. The van der Waals surface area contributed by atoms with Gasteiger partial charge in [0.1, 0.15) is 16.9 Å². The predicted octanol–water partition coefficient (Wildman–Crippen LogP) is 2.73. The van der Waals surface area contributed by atoms with Gasteiger partial charge in [-0.25, -0.2) is 9.07 Å². The first-order chi connectivity index (χ1) is 12.1. The minimum Gasteiger partial charge on any atom is -0.365 e. The largest absolute Gasteiger partial charge is 0.365 e. The van der Waals surface area contributed by atoms with E-state index in [0.717, 1.165) is 18.8 Å². The highest BCUT2D eigenvalue weighted by atomic mass is 19.1. The van der Waals surface area contributed by atoms with Gasteiger partial charge in [0.15, 0.2) is 0 Å². The van der Waals surface area contributed by atoms with Crippen LogP contribution in [-0.2, 0) is 0 Å². The molecule has 25 heavy (non-hydrogen) atoms. The molecule has 1 aliphatic rings. The van der Waals surface area contributed by atoms with Crippen LogP contribution in [0.5, 0.6) is 0 Å². The van der Waals surface area contributed by atoms with Gasteiger partial charge in [-0.1, -0.05) is 12.1 Å². The lowest BCUT2D eigenvalue weighted by atomic mass is 9.92. The molecule has 5 nitrogen and oxygen atoms in total. The summed E-state index contributed by atoms with van der Waals surface area (Å²) in [5, 5.41) is 8.47. The number of carbonyl (C=O) groups is 1. The van der Waals surface area contributed by atoms with Crippen LogP contribution >= 0.6 is 0 Å². The van der Waals surface area contributed by atoms with E-state index in [-0.39, 0.29) is 11.1 Å². The Morgan fingerprint density at radius 3 is 2.72 bits per heavy atom. The van der Waals surface area contributed by atoms with E-state index in [1.807, 2.05) is 12.1 Å². The van der Waals surface area contributed by atoms with Crippen LogP contribution in [0.1, 0.15) is 34.7 Å².